The lowest BCUT2D eigenvalue weighted by molar-refractivity contribution is 0.352. The minimum Gasteiger partial charge on any atom is -0.289 e. The molecule has 3 rings (SSSR count). The van der Waals surface area contributed by atoms with Crippen LogP contribution in [0.15, 0.2) is 15.6 Å². The van der Waals surface area contributed by atoms with Crippen molar-refractivity contribution in [3.8, 4) is 0 Å². The van der Waals surface area contributed by atoms with Crippen LogP contribution in [0.3, 0.4) is 0 Å². The van der Waals surface area contributed by atoms with Crippen LogP contribution >= 0.6 is 15.9 Å². The highest BCUT2D eigenvalue weighted by Crippen LogP contribution is 2.28. The Morgan fingerprint density at radius 3 is 2.88 bits per heavy atom. The van der Waals surface area contributed by atoms with E-state index in [4.69, 9.17) is 0 Å². The molecule has 0 saturated heterocycles. The van der Waals surface area contributed by atoms with Crippen LogP contribution in [0.2, 0.25) is 0 Å². The molecule has 0 amide bonds. The predicted octanol–water partition coefficient (Wildman–Crippen LogP) is 2.39. The average molecular weight is 297 g/mol. The largest absolute Gasteiger partial charge is 0.329 e. The summed E-state index contributed by atoms with van der Waals surface area (Å²) >= 11 is 3.30. The summed E-state index contributed by atoms with van der Waals surface area (Å²) in [5.41, 5.74) is 1.14. The van der Waals surface area contributed by atoms with E-state index in [0.29, 0.717) is 15.9 Å². The van der Waals surface area contributed by atoms with Gasteiger partial charge in [-0.25, -0.2) is 14.8 Å². The zero-order valence-electron chi connectivity index (χ0n) is 9.32. The van der Waals surface area contributed by atoms with Gasteiger partial charge >= 0.3 is 5.69 Å². The van der Waals surface area contributed by atoms with Crippen LogP contribution in [0.25, 0.3) is 11.3 Å². The topological polar surface area (TPSA) is 63.6 Å². The van der Waals surface area contributed by atoms with Gasteiger partial charge in [-0.05, 0) is 28.8 Å². The molecule has 0 atom stereocenters. The standard InChI is InChI=1S/C11H13BrN4O/c12-8-6-13-9-10(14-8)16(11(17)15-9)7-4-2-1-3-5-7/h6-7H,1-5H2,(H,13,15,17). The third kappa shape index (κ3) is 1.90. The Bertz CT molecular complexity index is 597. The molecule has 5 nitrogen and oxygen atoms in total. The molecule has 0 aliphatic heterocycles. The number of nitrogens with zero attached hydrogens (tertiary/aromatic N) is 3. The van der Waals surface area contributed by atoms with Gasteiger partial charge < -0.3 is 0 Å². The monoisotopic (exact) mass is 296 g/mol. The number of aromatic amines is 1. The van der Waals surface area contributed by atoms with E-state index in [2.05, 4.69) is 30.9 Å². The average Bonchev–Trinajstić information content (AvgIpc) is 2.65. The molecule has 0 aromatic carbocycles. The molecule has 6 heteroatoms. The third-order valence-electron chi connectivity index (χ3n) is 3.34. The normalized spacial score (nSPS) is 17.7. The molecule has 1 aliphatic rings. The van der Waals surface area contributed by atoms with Crippen molar-refractivity contribution in [2.75, 3.05) is 0 Å². The maximum Gasteiger partial charge on any atom is 0.329 e. The van der Waals surface area contributed by atoms with E-state index in [1.54, 1.807) is 10.8 Å². The summed E-state index contributed by atoms with van der Waals surface area (Å²) in [7, 11) is 0. The van der Waals surface area contributed by atoms with Crippen LogP contribution in [0.4, 0.5) is 0 Å². The van der Waals surface area contributed by atoms with Gasteiger partial charge in [0.2, 0.25) is 0 Å². The number of H-pyrrole nitrogens is 1. The number of rotatable bonds is 1. The fourth-order valence-electron chi connectivity index (χ4n) is 2.55. The van der Waals surface area contributed by atoms with Gasteiger partial charge in [0.15, 0.2) is 11.3 Å². The molecule has 2 heterocycles. The molecule has 1 fully saturated rings. The molecule has 90 valence electrons. The molecule has 1 saturated carbocycles. The number of nitrogens with one attached hydrogen (secondary N) is 1. The minimum atomic E-state index is -0.0926. The van der Waals surface area contributed by atoms with E-state index in [1.165, 1.54) is 19.3 Å². The first-order valence-corrected chi connectivity index (χ1v) is 6.68. The smallest absolute Gasteiger partial charge is 0.289 e. The second kappa shape index (κ2) is 4.25. The summed E-state index contributed by atoms with van der Waals surface area (Å²) in [4.78, 5) is 23.3. The number of hydrogen-bond donors (Lipinski definition) is 1. The number of imidazole rings is 1. The van der Waals surface area contributed by atoms with Gasteiger partial charge in [0.25, 0.3) is 0 Å². The summed E-state index contributed by atoms with van der Waals surface area (Å²) in [6.07, 6.45) is 7.35. The van der Waals surface area contributed by atoms with Gasteiger partial charge in [-0.3, -0.25) is 9.55 Å². The first-order valence-electron chi connectivity index (χ1n) is 5.88. The van der Waals surface area contributed by atoms with Gasteiger partial charge in [-0.2, -0.15) is 0 Å². The molecular weight excluding hydrogens is 284 g/mol. The Hall–Kier alpha value is -1.17. The molecule has 0 unspecified atom stereocenters. The summed E-state index contributed by atoms with van der Waals surface area (Å²) in [5, 5.41) is 0. The fraction of sp³-hybridized carbons (Fsp3) is 0.545. The van der Waals surface area contributed by atoms with Gasteiger partial charge in [-0.1, -0.05) is 19.3 Å². The van der Waals surface area contributed by atoms with E-state index < -0.39 is 0 Å². The molecule has 17 heavy (non-hydrogen) atoms. The number of aromatic nitrogens is 4. The molecule has 2 aromatic heterocycles. The minimum absolute atomic E-state index is 0.0926. The maximum absolute atomic E-state index is 12.0. The van der Waals surface area contributed by atoms with Crippen molar-refractivity contribution in [2.45, 2.75) is 38.1 Å². The first-order chi connectivity index (χ1) is 8.25. The first kappa shape index (κ1) is 11.0. The van der Waals surface area contributed by atoms with Crippen molar-refractivity contribution in [3.63, 3.8) is 0 Å². The molecule has 1 N–H and O–H groups in total. The Labute approximate surface area is 106 Å². The van der Waals surface area contributed by atoms with E-state index in [1.807, 2.05) is 0 Å². The SMILES string of the molecule is O=c1[nH]c2ncc(Br)nc2n1C1CCCCC1. The quantitative estimate of drug-likeness (QED) is 0.879. The number of hydrogen-bond acceptors (Lipinski definition) is 3. The summed E-state index contributed by atoms with van der Waals surface area (Å²) in [6.45, 7) is 0. The lowest BCUT2D eigenvalue weighted by atomic mass is 9.95. The van der Waals surface area contributed by atoms with E-state index in [0.717, 1.165) is 12.8 Å². The van der Waals surface area contributed by atoms with E-state index in [-0.39, 0.29) is 11.7 Å². The molecular formula is C11H13BrN4O. The zero-order valence-corrected chi connectivity index (χ0v) is 10.9. The van der Waals surface area contributed by atoms with Crippen LogP contribution in [-0.2, 0) is 0 Å². The van der Waals surface area contributed by atoms with Crippen molar-refractivity contribution in [2.24, 2.45) is 0 Å². The van der Waals surface area contributed by atoms with Crippen molar-refractivity contribution >= 4 is 27.2 Å². The fourth-order valence-corrected chi connectivity index (χ4v) is 2.82. The molecule has 1 aliphatic carbocycles. The Kier molecular flexibility index (Phi) is 2.74. The van der Waals surface area contributed by atoms with E-state index >= 15 is 0 Å². The van der Waals surface area contributed by atoms with Crippen LogP contribution in [-0.4, -0.2) is 19.5 Å². The molecule has 0 bridgehead atoms. The lowest BCUT2D eigenvalue weighted by Crippen LogP contribution is -2.24. The number of halogens is 1. The highest BCUT2D eigenvalue weighted by Gasteiger charge is 2.21. The third-order valence-corrected chi connectivity index (χ3v) is 3.72. The van der Waals surface area contributed by atoms with Gasteiger partial charge in [0, 0.05) is 6.04 Å². The van der Waals surface area contributed by atoms with Crippen LogP contribution in [0.5, 0.6) is 0 Å². The van der Waals surface area contributed by atoms with Crippen LogP contribution in [0, 0.1) is 0 Å². The summed E-state index contributed by atoms with van der Waals surface area (Å²) in [5.74, 6) is 0. The summed E-state index contributed by atoms with van der Waals surface area (Å²) in [6, 6.07) is 0.272. The Morgan fingerprint density at radius 1 is 1.35 bits per heavy atom. The predicted molar refractivity (Wildman–Crippen MR) is 68.0 cm³/mol. The highest BCUT2D eigenvalue weighted by atomic mass is 79.9. The van der Waals surface area contributed by atoms with Gasteiger partial charge in [0.1, 0.15) is 4.60 Å². The Balaban J connectivity index is 2.16. The molecule has 0 spiro atoms. The van der Waals surface area contributed by atoms with Crippen LogP contribution < -0.4 is 5.69 Å². The van der Waals surface area contributed by atoms with Gasteiger partial charge in [0.05, 0.1) is 6.20 Å². The molecule has 2 aromatic rings. The maximum atomic E-state index is 12.0. The van der Waals surface area contributed by atoms with Crippen molar-refractivity contribution in [1.29, 1.82) is 0 Å². The van der Waals surface area contributed by atoms with Crippen LogP contribution in [0.1, 0.15) is 38.1 Å². The number of fused-ring (bicyclic) bond motifs is 1. The second-order valence-corrected chi connectivity index (χ2v) is 5.27. The van der Waals surface area contributed by atoms with Crippen molar-refractivity contribution in [3.05, 3.63) is 21.3 Å². The second-order valence-electron chi connectivity index (χ2n) is 4.46. The van der Waals surface area contributed by atoms with Crippen molar-refractivity contribution < 1.29 is 0 Å². The lowest BCUT2D eigenvalue weighted by Gasteiger charge is -2.22. The highest BCUT2D eigenvalue weighted by molar-refractivity contribution is 9.10. The van der Waals surface area contributed by atoms with Crippen molar-refractivity contribution in [1.82, 2.24) is 19.5 Å². The zero-order chi connectivity index (χ0) is 11.8. The molecule has 0 radical (unpaired) electrons. The Morgan fingerprint density at radius 2 is 2.12 bits per heavy atom. The van der Waals surface area contributed by atoms with Gasteiger partial charge in [-0.15, -0.1) is 0 Å². The summed E-state index contributed by atoms with van der Waals surface area (Å²) < 4.78 is 2.43. The van der Waals surface area contributed by atoms with E-state index in [9.17, 15) is 4.79 Å².